The van der Waals surface area contributed by atoms with E-state index in [-0.39, 0.29) is 5.88 Å². The molecular formula is C13H19ClN2O. The molecule has 1 aromatic rings. The van der Waals surface area contributed by atoms with Crippen LogP contribution >= 0.6 is 11.6 Å². The van der Waals surface area contributed by atoms with Crippen LogP contribution in [0.15, 0.2) is 29.3 Å². The molecule has 0 aliphatic carbocycles. The first-order valence-corrected chi connectivity index (χ1v) is 6.41. The fourth-order valence-corrected chi connectivity index (χ4v) is 1.41. The highest BCUT2D eigenvalue weighted by atomic mass is 35.5. The lowest BCUT2D eigenvalue weighted by atomic mass is 10.2. The number of nitrogens with two attached hydrogens (primary N) is 1. The van der Waals surface area contributed by atoms with Crippen LogP contribution in [-0.2, 0) is 0 Å². The van der Waals surface area contributed by atoms with Crippen molar-refractivity contribution >= 4 is 23.1 Å². The molecule has 1 aromatic carbocycles. The molecule has 0 heterocycles. The summed E-state index contributed by atoms with van der Waals surface area (Å²) in [7, 11) is 0. The molecule has 17 heavy (non-hydrogen) atoms. The molecule has 0 spiro atoms. The molecule has 2 N–H and O–H groups in total. The number of hydrogen-bond donors (Lipinski definition) is 1. The molecule has 0 radical (unpaired) electrons. The number of aliphatic imine (C=N–C) groups is 1. The molecule has 0 atom stereocenters. The summed E-state index contributed by atoms with van der Waals surface area (Å²) in [6.45, 7) is 2.94. The largest absolute Gasteiger partial charge is 0.494 e. The monoisotopic (exact) mass is 254 g/mol. The predicted octanol–water partition coefficient (Wildman–Crippen LogP) is 3.48. The van der Waals surface area contributed by atoms with Crippen LogP contribution in [0.4, 0.5) is 5.69 Å². The molecule has 3 nitrogen and oxygen atoms in total. The third-order valence-corrected chi connectivity index (χ3v) is 2.54. The van der Waals surface area contributed by atoms with E-state index in [2.05, 4.69) is 11.9 Å². The number of unbranched alkanes of at least 4 members (excludes halogenated alkanes) is 2. The van der Waals surface area contributed by atoms with Crippen molar-refractivity contribution in [3.8, 4) is 5.75 Å². The van der Waals surface area contributed by atoms with Crippen LogP contribution in [0.25, 0.3) is 0 Å². The van der Waals surface area contributed by atoms with Gasteiger partial charge in [-0.2, -0.15) is 0 Å². The molecule has 1 rings (SSSR count). The number of benzene rings is 1. The highest BCUT2D eigenvalue weighted by molar-refractivity contribution is 6.28. The second-order valence-electron chi connectivity index (χ2n) is 3.79. The number of rotatable bonds is 7. The van der Waals surface area contributed by atoms with Crippen molar-refractivity contribution in [2.24, 2.45) is 10.7 Å². The summed E-state index contributed by atoms with van der Waals surface area (Å²) in [4.78, 5) is 4.14. The zero-order valence-electron chi connectivity index (χ0n) is 10.2. The number of ether oxygens (including phenoxy) is 1. The summed E-state index contributed by atoms with van der Waals surface area (Å²) in [5.41, 5.74) is 6.34. The highest BCUT2D eigenvalue weighted by Gasteiger charge is 1.95. The Labute approximate surface area is 108 Å². The Morgan fingerprint density at radius 2 is 2.00 bits per heavy atom. The minimum absolute atomic E-state index is 0.245. The summed E-state index contributed by atoms with van der Waals surface area (Å²) in [5, 5.41) is 0. The van der Waals surface area contributed by atoms with E-state index >= 15 is 0 Å². The quantitative estimate of drug-likeness (QED) is 0.350. The van der Waals surface area contributed by atoms with Gasteiger partial charge in [-0.05, 0) is 30.7 Å². The Hall–Kier alpha value is -1.22. The number of alkyl halides is 1. The van der Waals surface area contributed by atoms with Gasteiger partial charge >= 0.3 is 0 Å². The number of hydrogen-bond acceptors (Lipinski definition) is 2. The Morgan fingerprint density at radius 3 is 2.59 bits per heavy atom. The fourth-order valence-electron chi connectivity index (χ4n) is 1.35. The van der Waals surface area contributed by atoms with Gasteiger partial charge in [-0.25, -0.2) is 4.99 Å². The van der Waals surface area contributed by atoms with Crippen molar-refractivity contribution in [2.45, 2.75) is 26.2 Å². The molecule has 0 aliphatic rings. The van der Waals surface area contributed by atoms with Gasteiger partial charge in [0.15, 0.2) is 0 Å². The summed E-state index contributed by atoms with van der Waals surface area (Å²) in [6.07, 6.45) is 3.50. The molecular weight excluding hydrogens is 236 g/mol. The van der Waals surface area contributed by atoms with E-state index in [0.29, 0.717) is 5.84 Å². The zero-order valence-corrected chi connectivity index (χ0v) is 10.9. The lowest BCUT2D eigenvalue weighted by Gasteiger charge is -2.05. The van der Waals surface area contributed by atoms with E-state index in [1.165, 1.54) is 12.8 Å². The van der Waals surface area contributed by atoms with Gasteiger partial charge in [0.05, 0.1) is 18.2 Å². The van der Waals surface area contributed by atoms with Crippen LogP contribution in [-0.4, -0.2) is 18.3 Å². The van der Waals surface area contributed by atoms with Gasteiger partial charge in [-0.3, -0.25) is 0 Å². The number of amidine groups is 1. The lowest BCUT2D eigenvalue weighted by molar-refractivity contribution is 0.306. The summed E-state index contributed by atoms with van der Waals surface area (Å²) < 4.78 is 5.59. The van der Waals surface area contributed by atoms with Crippen molar-refractivity contribution in [1.29, 1.82) is 0 Å². The van der Waals surface area contributed by atoms with E-state index in [9.17, 15) is 0 Å². The minimum atomic E-state index is 0.245. The second-order valence-corrected chi connectivity index (χ2v) is 4.05. The van der Waals surface area contributed by atoms with Crippen molar-refractivity contribution in [2.75, 3.05) is 12.5 Å². The minimum Gasteiger partial charge on any atom is -0.494 e. The van der Waals surface area contributed by atoms with Crippen LogP contribution in [0.2, 0.25) is 0 Å². The van der Waals surface area contributed by atoms with Gasteiger partial charge in [-0.15, -0.1) is 11.6 Å². The Balaban J connectivity index is 2.45. The van der Waals surface area contributed by atoms with Crippen molar-refractivity contribution in [3.05, 3.63) is 24.3 Å². The molecule has 0 aliphatic heterocycles. The van der Waals surface area contributed by atoms with Crippen molar-refractivity contribution < 1.29 is 4.74 Å². The Bertz CT molecular complexity index is 349. The van der Waals surface area contributed by atoms with Crippen molar-refractivity contribution in [3.63, 3.8) is 0 Å². The SMILES string of the molecule is CCCCCOc1ccc(N=C(N)CCl)cc1. The van der Waals surface area contributed by atoms with E-state index in [1.807, 2.05) is 24.3 Å². The molecule has 4 heteroatoms. The zero-order chi connectivity index (χ0) is 12.5. The maximum atomic E-state index is 5.59. The van der Waals surface area contributed by atoms with Gasteiger partial charge in [0.2, 0.25) is 0 Å². The average Bonchev–Trinajstić information content (AvgIpc) is 2.36. The lowest BCUT2D eigenvalue weighted by Crippen LogP contribution is -2.12. The maximum absolute atomic E-state index is 5.59. The first-order chi connectivity index (χ1) is 8.26. The third kappa shape index (κ3) is 5.59. The molecule has 0 amide bonds. The van der Waals surface area contributed by atoms with Crippen LogP contribution < -0.4 is 10.5 Å². The normalized spacial score (nSPS) is 11.5. The van der Waals surface area contributed by atoms with Crippen LogP contribution in [0, 0.1) is 0 Å². The molecule has 94 valence electrons. The molecule has 0 saturated heterocycles. The number of nitrogens with zero attached hydrogens (tertiary/aromatic N) is 1. The Morgan fingerprint density at radius 1 is 1.29 bits per heavy atom. The topological polar surface area (TPSA) is 47.6 Å². The van der Waals surface area contributed by atoms with E-state index < -0.39 is 0 Å². The standard InChI is InChI=1S/C13H19ClN2O/c1-2-3-4-9-17-12-7-5-11(6-8-12)16-13(15)10-14/h5-8H,2-4,9-10H2,1H3,(H2,15,16). The fraction of sp³-hybridized carbons (Fsp3) is 0.462. The Kier molecular flexibility index (Phi) is 6.48. The molecule has 0 fully saturated rings. The third-order valence-electron chi connectivity index (χ3n) is 2.26. The second kappa shape index (κ2) is 7.96. The first kappa shape index (κ1) is 13.8. The van der Waals surface area contributed by atoms with E-state index in [1.54, 1.807) is 0 Å². The molecule has 0 saturated carbocycles. The van der Waals surface area contributed by atoms with Crippen LogP contribution in [0.5, 0.6) is 5.75 Å². The molecule has 0 unspecified atom stereocenters. The summed E-state index contributed by atoms with van der Waals surface area (Å²) in [5.74, 6) is 1.53. The summed E-state index contributed by atoms with van der Waals surface area (Å²) >= 11 is 5.55. The average molecular weight is 255 g/mol. The van der Waals surface area contributed by atoms with Gasteiger partial charge in [0.1, 0.15) is 11.6 Å². The first-order valence-electron chi connectivity index (χ1n) is 5.88. The number of halogens is 1. The van der Waals surface area contributed by atoms with E-state index in [0.717, 1.165) is 24.5 Å². The van der Waals surface area contributed by atoms with E-state index in [4.69, 9.17) is 22.1 Å². The van der Waals surface area contributed by atoms with Gasteiger partial charge in [-0.1, -0.05) is 19.8 Å². The molecule has 0 bridgehead atoms. The van der Waals surface area contributed by atoms with Crippen molar-refractivity contribution in [1.82, 2.24) is 0 Å². The van der Waals surface area contributed by atoms with Crippen LogP contribution in [0.1, 0.15) is 26.2 Å². The van der Waals surface area contributed by atoms with Gasteiger partial charge in [0, 0.05) is 0 Å². The highest BCUT2D eigenvalue weighted by Crippen LogP contribution is 2.18. The predicted molar refractivity (Wildman–Crippen MR) is 73.5 cm³/mol. The smallest absolute Gasteiger partial charge is 0.119 e. The molecule has 0 aromatic heterocycles. The van der Waals surface area contributed by atoms with Crippen LogP contribution in [0.3, 0.4) is 0 Å². The maximum Gasteiger partial charge on any atom is 0.119 e. The summed E-state index contributed by atoms with van der Waals surface area (Å²) in [6, 6.07) is 7.53. The van der Waals surface area contributed by atoms with Gasteiger partial charge in [0.25, 0.3) is 0 Å². The van der Waals surface area contributed by atoms with Gasteiger partial charge < -0.3 is 10.5 Å².